The lowest BCUT2D eigenvalue weighted by atomic mass is 9.90. The first kappa shape index (κ1) is 15.2. The molecule has 110 valence electrons. The first-order valence-electron chi connectivity index (χ1n) is 7.18. The van der Waals surface area contributed by atoms with Crippen LogP contribution in [0.15, 0.2) is 30.3 Å². The topological polar surface area (TPSA) is 49.8 Å². The summed E-state index contributed by atoms with van der Waals surface area (Å²) in [5.74, 6) is 0. The molecule has 1 aliphatic rings. The molecule has 1 aromatic carbocycles. The maximum atomic E-state index is 11.5. The first-order valence-corrected chi connectivity index (χ1v) is 7.18. The molecule has 1 saturated heterocycles. The molecule has 1 N–H and O–H groups in total. The van der Waals surface area contributed by atoms with Crippen molar-refractivity contribution in [1.29, 1.82) is 0 Å². The summed E-state index contributed by atoms with van der Waals surface area (Å²) in [5, 5.41) is 9.18. The van der Waals surface area contributed by atoms with Crippen molar-refractivity contribution in [1.82, 2.24) is 4.90 Å². The Labute approximate surface area is 120 Å². The fraction of sp³-hybridized carbons (Fsp3) is 0.562. The quantitative estimate of drug-likeness (QED) is 0.796. The van der Waals surface area contributed by atoms with Crippen molar-refractivity contribution < 1.29 is 14.6 Å². The van der Waals surface area contributed by atoms with Gasteiger partial charge in [0, 0.05) is 26.1 Å². The number of aliphatic hydroxyl groups is 1. The summed E-state index contributed by atoms with van der Waals surface area (Å²) in [7, 11) is 0. The highest BCUT2D eigenvalue weighted by Crippen LogP contribution is 2.27. The van der Waals surface area contributed by atoms with Crippen LogP contribution < -0.4 is 0 Å². The van der Waals surface area contributed by atoms with Crippen molar-refractivity contribution in [2.45, 2.75) is 31.4 Å². The fourth-order valence-corrected chi connectivity index (χ4v) is 2.85. The maximum Gasteiger partial charge on any atom is 0.140 e. The highest BCUT2D eigenvalue weighted by atomic mass is 16.5. The molecule has 4 nitrogen and oxygen atoms in total. The molecule has 0 radical (unpaired) electrons. The summed E-state index contributed by atoms with van der Waals surface area (Å²) >= 11 is 0. The Kier molecular flexibility index (Phi) is 5.29. The Hall–Kier alpha value is -1.23. The molecule has 1 aliphatic heterocycles. The number of ether oxygens (including phenoxy) is 1. The van der Waals surface area contributed by atoms with Crippen molar-refractivity contribution >= 4 is 6.29 Å². The van der Waals surface area contributed by atoms with Crippen molar-refractivity contribution in [3.8, 4) is 0 Å². The summed E-state index contributed by atoms with van der Waals surface area (Å²) in [6.07, 6.45) is 2.36. The Morgan fingerprint density at radius 3 is 2.85 bits per heavy atom. The van der Waals surface area contributed by atoms with Gasteiger partial charge in [0.15, 0.2) is 0 Å². The van der Waals surface area contributed by atoms with E-state index in [1.165, 1.54) is 5.56 Å². The minimum Gasteiger partial charge on any atom is -0.396 e. The number of hydrogen-bond acceptors (Lipinski definition) is 4. The van der Waals surface area contributed by atoms with Gasteiger partial charge in [-0.25, -0.2) is 0 Å². The molecule has 1 aromatic rings. The van der Waals surface area contributed by atoms with E-state index in [0.29, 0.717) is 13.0 Å². The second-order valence-electron chi connectivity index (χ2n) is 5.49. The number of benzene rings is 1. The van der Waals surface area contributed by atoms with E-state index in [0.717, 1.165) is 25.8 Å². The van der Waals surface area contributed by atoms with Gasteiger partial charge in [0.1, 0.15) is 6.29 Å². The zero-order valence-electron chi connectivity index (χ0n) is 12.0. The van der Waals surface area contributed by atoms with Gasteiger partial charge in [0.2, 0.25) is 0 Å². The van der Waals surface area contributed by atoms with E-state index in [-0.39, 0.29) is 12.6 Å². The van der Waals surface area contributed by atoms with Crippen molar-refractivity contribution in [3.63, 3.8) is 0 Å². The molecule has 0 amide bonds. The van der Waals surface area contributed by atoms with Gasteiger partial charge in [-0.05, 0) is 18.9 Å². The zero-order chi connectivity index (χ0) is 14.4. The number of carbonyl (C=O) groups excluding carboxylic acids is 1. The molecule has 0 spiro atoms. The molecule has 0 aromatic heterocycles. The number of nitrogens with zero attached hydrogens (tertiary/aromatic N) is 1. The molecule has 2 atom stereocenters. The predicted octanol–water partition coefficient (Wildman–Crippen LogP) is 1.27. The lowest BCUT2D eigenvalue weighted by Crippen LogP contribution is -2.59. The largest absolute Gasteiger partial charge is 0.396 e. The second-order valence-corrected chi connectivity index (χ2v) is 5.49. The average Bonchev–Trinajstić information content (AvgIpc) is 2.46. The number of carbonyl (C=O) groups is 1. The molecule has 0 aliphatic carbocycles. The summed E-state index contributed by atoms with van der Waals surface area (Å²) in [4.78, 5) is 13.6. The summed E-state index contributed by atoms with van der Waals surface area (Å²) < 4.78 is 5.76. The number of hydrogen-bond donors (Lipinski definition) is 1. The summed E-state index contributed by atoms with van der Waals surface area (Å²) in [6.45, 7) is 4.15. The second kappa shape index (κ2) is 6.97. The average molecular weight is 277 g/mol. The first-order chi connectivity index (χ1) is 9.69. The van der Waals surface area contributed by atoms with Crippen LogP contribution in [0.25, 0.3) is 0 Å². The SMILES string of the molecule is CC1(CCO)OCCN(CCc2ccccc2)C1C=O. The third kappa shape index (κ3) is 3.45. The molecule has 1 fully saturated rings. The number of rotatable bonds is 6. The van der Waals surface area contributed by atoms with Gasteiger partial charge in [0.05, 0.1) is 18.2 Å². The van der Waals surface area contributed by atoms with E-state index in [9.17, 15) is 9.90 Å². The minimum atomic E-state index is -0.578. The molecule has 4 heteroatoms. The highest BCUT2D eigenvalue weighted by Gasteiger charge is 2.41. The Morgan fingerprint density at radius 2 is 2.20 bits per heavy atom. The van der Waals surface area contributed by atoms with Crippen LogP contribution in [0.4, 0.5) is 0 Å². The normalized spacial score (nSPS) is 27.4. The molecule has 1 heterocycles. The van der Waals surface area contributed by atoms with Gasteiger partial charge < -0.3 is 14.6 Å². The number of morpholine rings is 1. The standard InChI is InChI=1S/C16H23NO3/c1-16(8-11-18)15(13-19)17(10-12-20-16)9-7-14-5-3-2-4-6-14/h2-6,13,15,18H,7-12H2,1H3. The van der Waals surface area contributed by atoms with Gasteiger partial charge in [0.25, 0.3) is 0 Å². The van der Waals surface area contributed by atoms with Gasteiger partial charge >= 0.3 is 0 Å². The van der Waals surface area contributed by atoms with Crippen molar-refractivity contribution in [3.05, 3.63) is 35.9 Å². The third-order valence-electron chi connectivity index (χ3n) is 4.10. The summed E-state index contributed by atoms with van der Waals surface area (Å²) in [6, 6.07) is 9.98. The van der Waals surface area contributed by atoms with Crippen molar-refractivity contribution in [2.75, 3.05) is 26.3 Å². The van der Waals surface area contributed by atoms with Crippen LogP contribution in [0.1, 0.15) is 18.9 Å². The van der Waals surface area contributed by atoms with Crippen LogP contribution in [-0.2, 0) is 16.0 Å². The van der Waals surface area contributed by atoms with E-state index < -0.39 is 5.60 Å². The van der Waals surface area contributed by atoms with E-state index >= 15 is 0 Å². The van der Waals surface area contributed by atoms with E-state index in [1.54, 1.807) is 0 Å². The van der Waals surface area contributed by atoms with E-state index in [4.69, 9.17) is 4.74 Å². The van der Waals surface area contributed by atoms with E-state index in [2.05, 4.69) is 17.0 Å². The molecule has 2 unspecified atom stereocenters. The van der Waals surface area contributed by atoms with Crippen LogP contribution in [-0.4, -0.2) is 54.2 Å². The van der Waals surface area contributed by atoms with Crippen LogP contribution in [0.5, 0.6) is 0 Å². The zero-order valence-corrected chi connectivity index (χ0v) is 12.0. The number of aldehydes is 1. The monoisotopic (exact) mass is 277 g/mol. The Balaban J connectivity index is 2.01. The van der Waals surface area contributed by atoms with E-state index in [1.807, 2.05) is 25.1 Å². The molecule has 20 heavy (non-hydrogen) atoms. The number of aliphatic hydroxyl groups excluding tert-OH is 1. The smallest absolute Gasteiger partial charge is 0.140 e. The fourth-order valence-electron chi connectivity index (χ4n) is 2.85. The molecule has 0 saturated carbocycles. The Bertz CT molecular complexity index is 419. The summed E-state index contributed by atoms with van der Waals surface area (Å²) in [5.41, 5.74) is 0.693. The Morgan fingerprint density at radius 1 is 1.45 bits per heavy atom. The lowest BCUT2D eigenvalue weighted by Gasteiger charge is -2.45. The third-order valence-corrected chi connectivity index (χ3v) is 4.10. The van der Waals surface area contributed by atoms with Gasteiger partial charge in [-0.2, -0.15) is 0 Å². The maximum absolute atomic E-state index is 11.5. The predicted molar refractivity (Wildman–Crippen MR) is 77.6 cm³/mol. The lowest BCUT2D eigenvalue weighted by molar-refractivity contribution is -0.154. The minimum absolute atomic E-state index is 0.0351. The molecule has 2 rings (SSSR count). The van der Waals surface area contributed by atoms with Crippen LogP contribution in [0.3, 0.4) is 0 Å². The van der Waals surface area contributed by atoms with Crippen LogP contribution in [0, 0.1) is 0 Å². The van der Waals surface area contributed by atoms with Crippen LogP contribution >= 0.6 is 0 Å². The molecular formula is C16H23NO3. The van der Waals surface area contributed by atoms with Crippen molar-refractivity contribution in [2.24, 2.45) is 0 Å². The molecule has 0 bridgehead atoms. The van der Waals surface area contributed by atoms with Gasteiger partial charge in [-0.15, -0.1) is 0 Å². The van der Waals surface area contributed by atoms with Gasteiger partial charge in [-0.3, -0.25) is 4.90 Å². The van der Waals surface area contributed by atoms with Gasteiger partial charge in [-0.1, -0.05) is 30.3 Å². The highest BCUT2D eigenvalue weighted by molar-refractivity contribution is 5.60. The van der Waals surface area contributed by atoms with Crippen LogP contribution in [0.2, 0.25) is 0 Å². The molecular weight excluding hydrogens is 254 g/mol.